The molecule has 1 N–H and O–H groups in total. The highest BCUT2D eigenvalue weighted by molar-refractivity contribution is 8.00. The standard InChI is InChI=1S/C17H13F3N4O2S/c18-17(19,20)27-13-7-2-1-5-11(13)22-14(25)8-9-15-23-16(24-26-15)12-6-3-4-10-21-12/h1-7,10H,8-9H2,(H,22,25). The van der Waals surface area contributed by atoms with Gasteiger partial charge in [0.05, 0.1) is 5.69 Å². The second-order valence-corrected chi connectivity index (χ2v) is 6.43. The van der Waals surface area contributed by atoms with Crippen molar-refractivity contribution in [3.05, 3.63) is 54.6 Å². The van der Waals surface area contributed by atoms with Gasteiger partial charge in [0.1, 0.15) is 5.69 Å². The van der Waals surface area contributed by atoms with E-state index in [1.54, 1.807) is 30.5 Å². The van der Waals surface area contributed by atoms with Crippen LogP contribution in [-0.2, 0) is 11.2 Å². The molecule has 27 heavy (non-hydrogen) atoms. The van der Waals surface area contributed by atoms with E-state index in [2.05, 4.69) is 20.4 Å². The van der Waals surface area contributed by atoms with Gasteiger partial charge in [-0.1, -0.05) is 23.4 Å². The Kier molecular flexibility index (Phi) is 5.75. The van der Waals surface area contributed by atoms with Crippen molar-refractivity contribution in [1.82, 2.24) is 15.1 Å². The molecule has 10 heteroatoms. The number of aromatic nitrogens is 3. The van der Waals surface area contributed by atoms with E-state index in [0.717, 1.165) is 0 Å². The number of halogens is 3. The minimum Gasteiger partial charge on any atom is -0.339 e. The first kappa shape index (κ1) is 18.9. The first-order chi connectivity index (χ1) is 12.9. The van der Waals surface area contributed by atoms with Crippen molar-refractivity contribution in [2.45, 2.75) is 23.2 Å². The molecule has 2 aromatic heterocycles. The van der Waals surface area contributed by atoms with Gasteiger partial charge in [-0.15, -0.1) is 0 Å². The highest BCUT2D eigenvalue weighted by atomic mass is 32.2. The maximum atomic E-state index is 12.6. The van der Waals surface area contributed by atoms with Gasteiger partial charge >= 0.3 is 5.51 Å². The Morgan fingerprint density at radius 2 is 1.93 bits per heavy atom. The van der Waals surface area contributed by atoms with Crippen molar-refractivity contribution < 1.29 is 22.5 Å². The fourth-order valence-electron chi connectivity index (χ4n) is 2.17. The van der Waals surface area contributed by atoms with Gasteiger partial charge in [0.25, 0.3) is 0 Å². The van der Waals surface area contributed by atoms with Crippen LogP contribution in [0.15, 0.2) is 58.1 Å². The summed E-state index contributed by atoms with van der Waals surface area (Å²) in [6.07, 6.45) is 1.73. The Morgan fingerprint density at radius 1 is 1.15 bits per heavy atom. The summed E-state index contributed by atoms with van der Waals surface area (Å²) in [6, 6.07) is 11.0. The summed E-state index contributed by atoms with van der Waals surface area (Å²) in [5.74, 6) is 0.0875. The van der Waals surface area contributed by atoms with Crippen molar-refractivity contribution >= 4 is 23.4 Å². The first-order valence-corrected chi connectivity index (χ1v) is 8.61. The Balaban J connectivity index is 1.59. The lowest BCUT2D eigenvalue weighted by Crippen LogP contribution is -2.13. The largest absolute Gasteiger partial charge is 0.446 e. The van der Waals surface area contributed by atoms with E-state index in [9.17, 15) is 18.0 Å². The van der Waals surface area contributed by atoms with Crippen LogP contribution in [0.1, 0.15) is 12.3 Å². The van der Waals surface area contributed by atoms with Crippen LogP contribution < -0.4 is 5.32 Å². The molecular weight excluding hydrogens is 381 g/mol. The fraction of sp³-hybridized carbons (Fsp3) is 0.176. The molecule has 0 aliphatic carbocycles. The zero-order valence-corrected chi connectivity index (χ0v) is 14.5. The summed E-state index contributed by atoms with van der Waals surface area (Å²) < 4.78 is 42.8. The molecule has 0 aliphatic rings. The molecule has 0 aliphatic heterocycles. The van der Waals surface area contributed by atoms with Gasteiger partial charge in [0, 0.05) is 23.9 Å². The molecule has 1 aromatic carbocycles. The van der Waals surface area contributed by atoms with Crippen molar-refractivity contribution in [1.29, 1.82) is 0 Å². The smallest absolute Gasteiger partial charge is 0.339 e. The zero-order valence-electron chi connectivity index (χ0n) is 13.7. The molecule has 6 nitrogen and oxygen atoms in total. The highest BCUT2D eigenvalue weighted by Gasteiger charge is 2.30. The summed E-state index contributed by atoms with van der Waals surface area (Å²) in [6.45, 7) is 0. The summed E-state index contributed by atoms with van der Waals surface area (Å²) in [5, 5.41) is 6.27. The van der Waals surface area contributed by atoms with E-state index in [0.29, 0.717) is 11.5 Å². The number of rotatable bonds is 6. The van der Waals surface area contributed by atoms with E-state index < -0.39 is 11.4 Å². The van der Waals surface area contributed by atoms with E-state index >= 15 is 0 Å². The number of thioether (sulfide) groups is 1. The minimum absolute atomic E-state index is 0.0190. The topological polar surface area (TPSA) is 80.9 Å². The number of para-hydroxylation sites is 1. The number of amides is 1. The normalized spacial score (nSPS) is 11.4. The molecule has 0 bridgehead atoms. The molecule has 0 unspecified atom stereocenters. The lowest BCUT2D eigenvalue weighted by Gasteiger charge is -2.11. The number of benzene rings is 1. The summed E-state index contributed by atoms with van der Waals surface area (Å²) in [5.41, 5.74) is -3.80. The number of anilines is 1. The number of alkyl halides is 3. The third-order valence-electron chi connectivity index (χ3n) is 3.31. The minimum atomic E-state index is -4.44. The Bertz CT molecular complexity index is 916. The van der Waals surface area contributed by atoms with Crippen LogP contribution in [0.3, 0.4) is 0 Å². The van der Waals surface area contributed by atoms with Crippen molar-refractivity contribution in [2.75, 3.05) is 5.32 Å². The third-order valence-corrected chi connectivity index (χ3v) is 4.12. The predicted octanol–water partition coefficient (Wildman–Crippen LogP) is 4.31. The number of hydrogen-bond acceptors (Lipinski definition) is 6. The molecule has 0 fully saturated rings. The first-order valence-electron chi connectivity index (χ1n) is 7.79. The summed E-state index contributed by atoms with van der Waals surface area (Å²) in [4.78, 5) is 20.2. The number of nitrogens with one attached hydrogen (secondary N) is 1. The summed E-state index contributed by atoms with van der Waals surface area (Å²) in [7, 11) is 0. The molecule has 2 heterocycles. The van der Waals surface area contributed by atoms with Crippen LogP contribution in [0.5, 0.6) is 0 Å². The van der Waals surface area contributed by atoms with E-state index in [-0.39, 0.29) is 41.1 Å². The molecule has 3 aromatic rings. The van der Waals surface area contributed by atoms with Crippen LogP contribution >= 0.6 is 11.8 Å². The molecule has 3 rings (SSSR count). The number of hydrogen-bond donors (Lipinski definition) is 1. The van der Waals surface area contributed by atoms with Gasteiger partial charge < -0.3 is 9.84 Å². The monoisotopic (exact) mass is 394 g/mol. The van der Waals surface area contributed by atoms with Gasteiger partial charge in [-0.2, -0.15) is 18.2 Å². The quantitative estimate of drug-likeness (QED) is 0.628. The molecule has 0 spiro atoms. The van der Waals surface area contributed by atoms with Crippen molar-refractivity contribution in [2.24, 2.45) is 0 Å². The second kappa shape index (κ2) is 8.21. The van der Waals surface area contributed by atoms with Crippen molar-refractivity contribution in [3.63, 3.8) is 0 Å². The van der Waals surface area contributed by atoms with Crippen molar-refractivity contribution in [3.8, 4) is 11.5 Å². The van der Waals surface area contributed by atoms with Gasteiger partial charge in [0.2, 0.25) is 17.6 Å². The molecule has 0 radical (unpaired) electrons. The number of carbonyl (C=O) groups excluding carboxylic acids is 1. The number of aryl methyl sites for hydroxylation is 1. The maximum Gasteiger partial charge on any atom is 0.446 e. The Hall–Kier alpha value is -2.88. The molecule has 140 valence electrons. The molecule has 1 amide bonds. The maximum absolute atomic E-state index is 12.6. The van der Waals surface area contributed by atoms with Gasteiger partial charge in [-0.05, 0) is 36.0 Å². The third kappa shape index (κ3) is 5.55. The fourth-order valence-corrected chi connectivity index (χ4v) is 2.80. The number of pyridine rings is 1. The van der Waals surface area contributed by atoms with E-state index in [4.69, 9.17) is 4.52 Å². The van der Waals surface area contributed by atoms with Crippen LogP contribution in [-0.4, -0.2) is 26.5 Å². The van der Waals surface area contributed by atoms with Crippen LogP contribution in [0, 0.1) is 0 Å². The lowest BCUT2D eigenvalue weighted by molar-refractivity contribution is -0.116. The van der Waals surface area contributed by atoms with E-state index in [1.165, 1.54) is 18.2 Å². The lowest BCUT2D eigenvalue weighted by atomic mass is 10.2. The summed E-state index contributed by atoms with van der Waals surface area (Å²) >= 11 is -0.278. The van der Waals surface area contributed by atoms with Crippen LogP contribution in [0.4, 0.5) is 18.9 Å². The highest BCUT2D eigenvalue weighted by Crippen LogP contribution is 2.40. The van der Waals surface area contributed by atoms with Gasteiger partial charge in [-0.25, -0.2) is 0 Å². The molecule has 0 saturated heterocycles. The van der Waals surface area contributed by atoms with Crippen LogP contribution in [0.2, 0.25) is 0 Å². The second-order valence-electron chi connectivity index (χ2n) is 5.32. The Labute approximate surface area is 156 Å². The van der Waals surface area contributed by atoms with Gasteiger partial charge in [-0.3, -0.25) is 9.78 Å². The SMILES string of the molecule is O=C(CCc1nc(-c2ccccn2)no1)Nc1ccccc1SC(F)(F)F. The number of nitrogens with zero attached hydrogens (tertiary/aromatic N) is 3. The number of carbonyl (C=O) groups is 1. The molecular formula is C17H13F3N4O2S. The van der Waals surface area contributed by atoms with Crippen LogP contribution in [0.25, 0.3) is 11.5 Å². The average molecular weight is 394 g/mol. The Morgan fingerprint density at radius 3 is 2.67 bits per heavy atom. The molecule has 0 saturated carbocycles. The zero-order chi connectivity index (χ0) is 19.3. The predicted molar refractivity (Wildman–Crippen MR) is 92.8 cm³/mol. The molecule has 0 atom stereocenters. The average Bonchev–Trinajstić information content (AvgIpc) is 3.10. The van der Waals surface area contributed by atoms with Gasteiger partial charge in [0.15, 0.2) is 0 Å². The van der Waals surface area contributed by atoms with E-state index in [1.807, 2.05) is 0 Å².